The monoisotopic (exact) mass is 449 g/mol. The molecule has 0 bridgehead atoms. The van der Waals surface area contributed by atoms with Gasteiger partial charge < -0.3 is 19.4 Å². The first-order chi connectivity index (χ1) is 16.1. The average Bonchev–Trinajstić information content (AvgIpc) is 3.10. The summed E-state index contributed by atoms with van der Waals surface area (Å²) in [6, 6.07) is 15.7. The number of nitrogens with zero attached hydrogens (tertiary/aromatic N) is 4. The van der Waals surface area contributed by atoms with Gasteiger partial charge in [-0.1, -0.05) is 30.3 Å². The first kappa shape index (κ1) is 22.8. The highest BCUT2D eigenvalue weighted by atomic mass is 16.5. The Labute approximate surface area is 194 Å². The highest BCUT2D eigenvalue weighted by molar-refractivity contribution is 5.77. The molecule has 0 aliphatic carbocycles. The maximum atomic E-state index is 12.1. The number of carbonyl (C=O) groups excluding carboxylic acids is 1. The number of methoxy groups -OCH3 is 1. The van der Waals surface area contributed by atoms with Crippen molar-refractivity contribution in [2.75, 3.05) is 33.4 Å². The summed E-state index contributed by atoms with van der Waals surface area (Å²) in [6.07, 6.45) is 1.50. The van der Waals surface area contributed by atoms with Crippen LogP contribution in [0.4, 0.5) is 0 Å². The van der Waals surface area contributed by atoms with Crippen LogP contribution in [0.3, 0.4) is 0 Å². The van der Waals surface area contributed by atoms with Crippen molar-refractivity contribution in [3.05, 3.63) is 71.3 Å². The molecule has 2 aromatic carbocycles. The van der Waals surface area contributed by atoms with E-state index >= 15 is 0 Å². The van der Waals surface area contributed by atoms with Gasteiger partial charge in [-0.2, -0.15) is 0 Å². The van der Waals surface area contributed by atoms with Crippen LogP contribution in [-0.4, -0.2) is 58.9 Å². The average molecular weight is 450 g/mol. The molecule has 0 saturated heterocycles. The Morgan fingerprint density at radius 3 is 2.73 bits per heavy atom. The summed E-state index contributed by atoms with van der Waals surface area (Å²) in [5, 5.41) is 11.7. The van der Waals surface area contributed by atoms with Crippen molar-refractivity contribution >= 4 is 5.91 Å². The van der Waals surface area contributed by atoms with Crippen LogP contribution in [0.2, 0.25) is 0 Å². The van der Waals surface area contributed by atoms with E-state index in [1.165, 1.54) is 5.56 Å². The first-order valence-electron chi connectivity index (χ1n) is 11.3. The number of carbonyl (C=O) groups is 1. The van der Waals surface area contributed by atoms with Gasteiger partial charge in [0.25, 0.3) is 5.91 Å². The summed E-state index contributed by atoms with van der Waals surface area (Å²) >= 11 is 0. The van der Waals surface area contributed by atoms with Crippen LogP contribution in [0.1, 0.15) is 22.8 Å². The SMILES string of the molecule is COc1ccc(CN2CCc3nnc(CCNC(=O)COc4ccccc4)n3CC2)cc1C. The Hall–Kier alpha value is -3.39. The normalized spacial score (nSPS) is 13.8. The van der Waals surface area contributed by atoms with Crippen molar-refractivity contribution in [2.24, 2.45) is 0 Å². The molecular formula is C25H31N5O3. The number of ether oxygens (including phenoxy) is 2. The fraction of sp³-hybridized carbons (Fsp3) is 0.400. The molecule has 8 heteroatoms. The maximum absolute atomic E-state index is 12.1. The Morgan fingerprint density at radius 2 is 1.94 bits per heavy atom. The van der Waals surface area contributed by atoms with E-state index in [1.807, 2.05) is 36.4 Å². The van der Waals surface area contributed by atoms with Gasteiger partial charge >= 0.3 is 0 Å². The number of aryl methyl sites for hydroxylation is 1. The van der Waals surface area contributed by atoms with E-state index < -0.39 is 0 Å². The van der Waals surface area contributed by atoms with Gasteiger partial charge in [-0.3, -0.25) is 9.69 Å². The zero-order chi connectivity index (χ0) is 23.0. The molecule has 33 heavy (non-hydrogen) atoms. The van der Waals surface area contributed by atoms with Crippen LogP contribution in [0.25, 0.3) is 0 Å². The third-order valence-electron chi connectivity index (χ3n) is 5.84. The fourth-order valence-electron chi connectivity index (χ4n) is 4.10. The van der Waals surface area contributed by atoms with E-state index in [-0.39, 0.29) is 12.5 Å². The molecule has 0 atom stereocenters. The Balaban J connectivity index is 1.25. The van der Waals surface area contributed by atoms with Crippen LogP contribution in [0, 0.1) is 6.92 Å². The van der Waals surface area contributed by atoms with Gasteiger partial charge in [0.1, 0.15) is 23.1 Å². The molecule has 4 rings (SSSR count). The molecule has 2 heterocycles. The van der Waals surface area contributed by atoms with Crippen molar-refractivity contribution in [1.29, 1.82) is 0 Å². The third kappa shape index (κ3) is 6.10. The lowest BCUT2D eigenvalue weighted by atomic mass is 10.1. The molecule has 1 aliphatic rings. The number of hydrogen-bond acceptors (Lipinski definition) is 6. The Kier molecular flexibility index (Phi) is 7.57. The second-order valence-corrected chi connectivity index (χ2v) is 8.22. The van der Waals surface area contributed by atoms with Gasteiger partial charge in [0, 0.05) is 45.6 Å². The number of nitrogens with one attached hydrogen (secondary N) is 1. The van der Waals surface area contributed by atoms with Crippen molar-refractivity contribution in [3.8, 4) is 11.5 Å². The molecule has 0 fully saturated rings. The molecule has 0 saturated carbocycles. The van der Waals surface area contributed by atoms with E-state index in [0.717, 1.165) is 55.6 Å². The van der Waals surface area contributed by atoms with E-state index in [9.17, 15) is 4.79 Å². The topological polar surface area (TPSA) is 81.5 Å². The predicted octanol–water partition coefficient (Wildman–Crippen LogP) is 2.39. The van der Waals surface area contributed by atoms with Gasteiger partial charge in [0.15, 0.2) is 6.61 Å². The largest absolute Gasteiger partial charge is 0.496 e. The van der Waals surface area contributed by atoms with Gasteiger partial charge in [-0.25, -0.2) is 0 Å². The first-order valence-corrected chi connectivity index (χ1v) is 11.3. The molecular weight excluding hydrogens is 418 g/mol. The standard InChI is InChI=1S/C25H31N5O3/c1-19-16-20(8-9-22(19)32-2)17-29-13-11-24-28-27-23(30(24)15-14-29)10-12-26-25(31)18-33-21-6-4-3-5-7-21/h3-9,16H,10-15,17-18H2,1-2H3,(H,26,31). The fourth-order valence-corrected chi connectivity index (χ4v) is 4.10. The van der Waals surface area contributed by atoms with E-state index in [2.05, 4.69) is 44.0 Å². The quantitative estimate of drug-likeness (QED) is 0.540. The second-order valence-electron chi connectivity index (χ2n) is 8.22. The number of benzene rings is 2. The summed E-state index contributed by atoms with van der Waals surface area (Å²) in [6.45, 7) is 6.20. The molecule has 1 aliphatic heterocycles. The summed E-state index contributed by atoms with van der Waals surface area (Å²) in [4.78, 5) is 14.5. The maximum Gasteiger partial charge on any atom is 0.257 e. The van der Waals surface area contributed by atoms with Gasteiger partial charge in [-0.05, 0) is 36.2 Å². The zero-order valence-corrected chi connectivity index (χ0v) is 19.3. The van der Waals surface area contributed by atoms with Crippen molar-refractivity contribution < 1.29 is 14.3 Å². The summed E-state index contributed by atoms with van der Waals surface area (Å²) in [5.74, 6) is 3.39. The molecule has 0 radical (unpaired) electrons. The van der Waals surface area contributed by atoms with Gasteiger partial charge in [-0.15, -0.1) is 10.2 Å². The van der Waals surface area contributed by atoms with E-state index in [1.54, 1.807) is 7.11 Å². The number of amides is 1. The lowest BCUT2D eigenvalue weighted by molar-refractivity contribution is -0.123. The van der Waals surface area contributed by atoms with E-state index in [4.69, 9.17) is 9.47 Å². The molecule has 1 amide bonds. The summed E-state index contributed by atoms with van der Waals surface area (Å²) < 4.78 is 13.1. The molecule has 8 nitrogen and oxygen atoms in total. The number of fused-ring (bicyclic) bond motifs is 1. The lowest BCUT2D eigenvalue weighted by Crippen LogP contribution is -2.31. The summed E-state index contributed by atoms with van der Waals surface area (Å²) in [7, 11) is 1.70. The van der Waals surface area contributed by atoms with Crippen LogP contribution in [-0.2, 0) is 30.7 Å². The predicted molar refractivity (Wildman–Crippen MR) is 125 cm³/mol. The highest BCUT2D eigenvalue weighted by Crippen LogP contribution is 2.20. The second kappa shape index (κ2) is 11.0. The molecule has 0 unspecified atom stereocenters. The Morgan fingerprint density at radius 1 is 1.09 bits per heavy atom. The Bertz CT molecular complexity index is 1070. The number of aromatic nitrogens is 3. The minimum absolute atomic E-state index is 0.00173. The van der Waals surface area contributed by atoms with Gasteiger partial charge in [0.2, 0.25) is 0 Å². The van der Waals surface area contributed by atoms with Gasteiger partial charge in [0.05, 0.1) is 7.11 Å². The molecule has 1 aromatic heterocycles. The molecule has 1 N–H and O–H groups in total. The minimum Gasteiger partial charge on any atom is -0.496 e. The summed E-state index contributed by atoms with van der Waals surface area (Å²) in [5.41, 5.74) is 2.44. The molecule has 0 spiro atoms. The number of para-hydroxylation sites is 1. The number of hydrogen-bond donors (Lipinski definition) is 1. The lowest BCUT2D eigenvalue weighted by Gasteiger charge is -2.20. The van der Waals surface area contributed by atoms with Crippen molar-refractivity contribution in [2.45, 2.75) is 32.9 Å². The smallest absolute Gasteiger partial charge is 0.257 e. The highest BCUT2D eigenvalue weighted by Gasteiger charge is 2.19. The van der Waals surface area contributed by atoms with Crippen LogP contribution in [0.5, 0.6) is 11.5 Å². The third-order valence-corrected chi connectivity index (χ3v) is 5.84. The number of rotatable bonds is 9. The van der Waals surface area contributed by atoms with Crippen LogP contribution < -0.4 is 14.8 Å². The molecule has 3 aromatic rings. The van der Waals surface area contributed by atoms with Crippen LogP contribution in [0.15, 0.2) is 48.5 Å². The van der Waals surface area contributed by atoms with E-state index in [0.29, 0.717) is 18.7 Å². The zero-order valence-electron chi connectivity index (χ0n) is 19.3. The molecule has 174 valence electrons. The minimum atomic E-state index is -0.143. The van der Waals surface area contributed by atoms with Crippen molar-refractivity contribution in [3.63, 3.8) is 0 Å². The van der Waals surface area contributed by atoms with Crippen LogP contribution >= 0.6 is 0 Å². The van der Waals surface area contributed by atoms with Crippen molar-refractivity contribution in [1.82, 2.24) is 25.0 Å².